The molecule has 0 unspecified atom stereocenters. The van der Waals surface area contributed by atoms with E-state index in [0.717, 1.165) is 9.87 Å². The van der Waals surface area contributed by atoms with Crippen molar-refractivity contribution in [3.05, 3.63) is 65.7 Å². The van der Waals surface area contributed by atoms with Crippen LogP contribution in [0.2, 0.25) is 0 Å². The first kappa shape index (κ1) is 25.4. The van der Waals surface area contributed by atoms with E-state index in [9.17, 15) is 22.8 Å². The summed E-state index contributed by atoms with van der Waals surface area (Å²) in [5.41, 5.74) is 1.13. The van der Waals surface area contributed by atoms with Gasteiger partial charge < -0.3 is 10.2 Å². The van der Waals surface area contributed by atoms with Gasteiger partial charge in [0, 0.05) is 25.6 Å². The molecule has 1 aliphatic rings. The minimum atomic E-state index is -4.00. The third-order valence-corrected chi connectivity index (χ3v) is 7.58. The van der Waals surface area contributed by atoms with Crippen LogP contribution in [0, 0.1) is 0 Å². The summed E-state index contributed by atoms with van der Waals surface area (Å²) in [6, 6.07) is 14.9. The molecule has 0 radical (unpaired) electrons. The van der Waals surface area contributed by atoms with Gasteiger partial charge >= 0.3 is 0 Å². The van der Waals surface area contributed by atoms with Gasteiger partial charge in [0.25, 0.3) is 15.9 Å². The summed E-state index contributed by atoms with van der Waals surface area (Å²) in [6.07, 6.45) is 0.745. The fourth-order valence-electron chi connectivity index (χ4n) is 4.07. The van der Waals surface area contributed by atoms with E-state index in [1.54, 1.807) is 12.1 Å². The Morgan fingerprint density at radius 1 is 1.03 bits per heavy atom. The molecule has 9 heteroatoms. The van der Waals surface area contributed by atoms with Gasteiger partial charge in [-0.3, -0.25) is 14.4 Å². The number of nitrogens with zero attached hydrogens (tertiary/aromatic N) is 2. The zero-order chi connectivity index (χ0) is 24.9. The number of hydrogen-bond donors (Lipinski definition) is 1. The monoisotopic (exact) mass is 485 g/mol. The van der Waals surface area contributed by atoms with E-state index < -0.39 is 22.0 Å². The van der Waals surface area contributed by atoms with Gasteiger partial charge in [0.05, 0.1) is 5.56 Å². The number of amides is 3. The average molecular weight is 486 g/mol. The molecule has 0 aliphatic carbocycles. The van der Waals surface area contributed by atoms with Gasteiger partial charge in [0.1, 0.15) is 10.9 Å². The number of hydrogen-bond acceptors (Lipinski definition) is 5. The highest BCUT2D eigenvalue weighted by atomic mass is 32.2. The van der Waals surface area contributed by atoms with Crippen LogP contribution in [0.1, 0.15) is 49.5 Å². The van der Waals surface area contributed by atoms with Gasteiger partial charge in [-0.25, -0.2) is 12.7 Å². The number of nitrogens with one attached hydrogen (secondary N) is 1. The van der Waals surface area contributed by atoms with Crippen molar-refractivity contribution in [3.63, 3.8) is 0 Å². The second-order valence-electron chi connectivity index (χ2n) is 8.54. The predicted molar refractivity (Wildman–Crippen MR) is 128 cm³/mol. The lowest BCUT2D eigenvalue weighted by Crippen LogP contribution is -2.52. The molecule has 3 amide bonds. The number of carbonyl (C=O) groups is 3. The third-order valence-electron chi connectivity index (χ3n) is 5.74. The highest BCUT2D eigenvalue weighted by Gasteiger charge is 2.41. The smallest absolute Gasteiger partial charge is 0.269 e. The Bertz CT molecular complexity index is 1150. The Kier molecular flexibility index (Phi) is 8.09. The normalized spacial score (nSPS) is 15.2. The summed E-state index contributed by atoms with van der Waals surface area (Å²) < 4.78 is 26.4. The first-order chi connectivity index (χ1) is 16.2. The van der Waals surface area contributed by atoms with Gasteiger partial charge in [-0.1, -0.05) is 49.4 Å². The summed E-state index contributed by atoms with van der Waals surface area (Å²) in [7, 11) is -4.00. The fourth-order valence-corrected chi connectivity index (χ4v) is 5.64. The maximum atomic E-state index is 13.3. The van der Waals surface area contributed by atoms with E-state index in [-0.39, 0.29) is 41.3 Å². The number of fused-ring (bicyclic) bond motifs is 1. The molecule has 34 heavy (non-hydrogen) atoms. The fraction of sp³-hybridized carbons (Fsp3) is 0.400. The summed E-state index contributed by atoms with van der Waals surface area (Å²) in [5.74, 6) is -1.26. The molecule has 8 nitrogen and oxygen atoms in total. The highest BCUT2D eigenvalue weighted by Crippen LogP contribution is 2.30. The number of sulfonamides is 1. The summed E-state index contributed by atoms with van der Waals surface area (Å²) in [6.45, 7) is 5.55. The summed E-state index contributed by atoms with van der Waals surface area (Å²) in [4.78, 5) is 40.3. The number of rotatable bonds is 10. The van der Waals surface area contributed by atoms with Crippen LogP contribution in [0.5, 0.6) is 0 Å². The van der Waals surface area contributed by atoms with Crippen molar-refractivity contribution in [3.8, 4) is 0 Å². The Balaban J connectivity index is 1.78. The summed E-state index contributed by atoms with van der Waals surface area (Å²) >= 11 is 0. The van der Waals surface area contributed by atoms with Gasteiger partial charge in [-0.2, -0.15) is 0 Å². The molecule has 3 rings (SSSR count). The zero-order valence-electron chi connectivity index (χ0n) is 19.7. The molecule has 0 saturated carbocycles. The maximum absolute atomic E-state index is 13.3. The Morgan fingerprint density at radius 2 is 1.68 bits per heavy atom. The van der Waals surface area contributed by atoms with Crippen molar-refractivity contribution in [1.82, 2.24) is 14.5 Å². The van der Waals surface area contributed by atoms with Crippen molar-refractivity contribution < 1.29 is 22.8 Å². The van der Waals surface area contributed by atoms with Crippen LogP contribution >= 0.6 is 0 Å². The SMILES string of the molecule is CC[C@H](C(=O)NC(C)C)N(CCc1ccccc1)C(=O)CCN1C(=O)c2ccccc2S1(=O)=O. The average Bonchev–Trinajstić information content (AvgIpc) is 3.00. The van der Waals surface area contributed by atoms with Gasteiger partial charge in [0.15, 0.2) is 0 Å². The van der Waals surface area contributed by atoms with E-state index in [0.29, 0.717) is 19.4 Å². The van der Waals surface area contributed by atoms with Gasteiger partial charge in [-0.15, -0.1) is 0 Å². The van der Waals surface area contributed by atoms with E-state index in [4.69, 9.17) is 0 Å². The lowest BCUT2D eigenvalue weighted by Gasteiger charge is -2.31. The largest absolute Gasteiger partial charge is 0.352 e. The van der Waals surface area contributed by atoms with Gasteiger partial charge in [-0.05, 0) is 44.4 Å². The maximum Gasteiger partial charge on any atom is 0.269 e. The molecule has 0 saturated heterocycles. The van der Waals surface area contributed by atoms with Crippen molar-refractivity contribution in [2.75, 3.05) is 13.1 Å². The van der Waals surface area contributed by atoms with E-state index in [1.165, 1.54) is 17.0 Å². The first-order valence-corrected chi connectivity index (χ1v) is 12.9. The van der Waals surface area contributed by atoms with Crippen molar-refractivity contribution >= 4 is 27.7 Å². The van der Waals surface area contributed by atoms with Crippen LogP contribution in [-0.4, -0.2) is 60.5 Å². The first-order valence-electron chi connectivity index (χ1n) is 11.5. The molecule has 2 aromatic rings. The molecule has 1 heterocycles. The van der Waals surface area contributed by atoms with Gasteiger partial charge in [0.2, 0.25) is 11.8 Å². The Labute approximate surface area is 201 Å². The highest BCUT2D eigenvalue weighted by molar-refractivity contribution is 7.90. The molecule has 0 fully saturated rings. The molecule has 1 atom stereocenters. The second kappa shape index (κ2) is 10.8. The molecule has 1 aliphatic heterocycles. The molecule has 0 bridgehead atoms. The molecule has 182 valence electrons. The molecular formula is C25H31N3O5S. The van der Waals surface area contributed by atoms with Crippen LogP contribution in [0.25, 0.3) is 0 Å². The van der Waals surface area contributed by atoms with Crippen LogP contribution in [-0.2, 0) is 26.0 Å². The van der Waals surface area contributed by atoms with Crippen molar-refractivity contribution in [1.29, 1.82) is 0 Å². The molecule has 2 aromatic carbocycles. The zero-order valence-corrected chi connectivity index (χ0v) is 20.5. The Hall–Kier alpha value is -3.20. The van der Waals surface area contributed by atoms with Crippen LogP contribution in [0.4, 0.5) is 0 Å². The van der Waals surface area contributed by atoms with Crippen molar-refractivity contribution in [2.24, 2.45) is 0 Å². The molecule has 0 spiro atoms. The quantitative estimate of drug-likeness (QED) is 0.557. The third kappa shape index (κ3) is 5.47. The van der Waals surface area contributed by atoms with Crippen LogP contribution in [0.15, 0.2) is 59.5 Å². The Morgan fingerprint density at radius 3 is 2.29 bits per heavy atom. The summed E-state index contributed by atoms with van der Waals surface area (Å²) in [5, 5.41) is 2.86. The van der Waals surface area contributed by atoms with Crippen LogP contribution in [0.3, 0.4) is 0 Å². The lowest BCUT2D eigenvalue weighted by atomic mass is 10.1. The van der Waals surface area contributed by atoms with Crippen LogP contribution < -0.4 is 5.32 Å². The number of benzene rings is 2. The van der Waals surface area contributed by atoms with E-state index in [2.05, 4.69) is 5.32 Å². The van der Waals surface area contributed by atoms with Crippen molar-refractivity contribution in [2.45, 2.75) is 57.0 Å². The predicted octanol–water partition coefficient (Wildman–Crippen LogP) is 2.60. The topological polar surface area (TPSA) is 104 Å². The second-order valence-corrected chi connectivity index (χ2v) is 10.4. The standard InChI is InChI=1S/C25H31N3O5S/c1-4-21(24(30)26-18(2)3)27(16-14-19-10-6-5-7-11-19)23(29)15-17-28-25(31)20-12-8-9-13-22(20)34(28,32)33/h5-13,18,21H,4,14-17H2,1-3H3,(H,26,30)/t21-/m1/s1. The minimum absolute atomic E-state index is 0.0453. The molecular weight excluding hydrogens is 454 g/mol. The lowest BCUT2D eigenvalue weighted by molar-refractivity contribution is -0.141. The minimum Gasteiger partial charge on any atom is -0.352 e. The molecule has 1 N–H and O–H groups in total. The molecule has 0 aromatic heterocycles. The number of carbonyl (C=O) groups excluding carboxylic acids is 3. The van der Waals surface area contributed by atoms with E-state index >= 15 is 0 Å². The van der Waals surface area contributed by atoms with E-state index in [1.807, 2.05) is 51.1 Å².